The second-order valence-electron chi connectivity index (χ2n) is 9.10. The fourth-order valence-electron chi connectivity index (χ4n) is 4.34. The Labute approximate surface area is 224 Å². The fourth-order valence-corrected chi connectivity index (χ4v) is 4.52. The molecule has 11 heteroatoms. The van der Waals surface area contributed by atoms with Crippen molar-refractivity contribution in [3.05, 3.63) is 59.7 Å². The van der Waals surface area contributed by atoms with E-state index in [1.807, 2.05) is 6.08 Å². The Morgan fingerprint density at radius 2 is 2.11 bits per heavy atom. The summed E-state index contributed by atoms with van der Waals surface area (Å²) in [5.74, 6) is 0.182. The van der Waals surface area contributed by atoms with Gasteiger partial charge in [0, 0.05) is 55.9 Å². The van der Waals surface area contributed by atoms with Gasteiger partial charge in [-0.2, -0.15) is 0 Å². The van der Waals surface area contributed by atoms with Crippen molar-refractivity contribution < 1.29 is 23.4 Å². The van der Waals surface area contributed by atoms with E-state index in [0.29, 0.717) is 60.2 Å². The van der Waals surface area contributed by atoms with E-state index in [9.17, 15) is 9.18 Å². The summed E-state index contributed by atoms with van der Waals surface area (Å²) < 4.78 is 30.8. The van der Waals surface area contributed by atoms with Gasteiger partial charge in [-0.3, -0.25) is 9.69 Å². The zero-order valence-corrected chi connectivity index (χ0v) is 21.5. The summed E-state index contributed by atoms with van der Waals surface area (Å²) in [6.07, 6.45) is 6.41. The molecule has 2 fully saturated rings. The number of halogens is 2. The number of carbonyl (C=O) groups excluding carboxylic acids is 1. The number of fused-ring (bicyclic) bond motifs is 1. The van der Waals surface area contributed by atoms with Gasteiger partial charge in [-0.05, 0) is 30.7 Å². The molecule has 2 aromatic carbocycles. The number of nitrogens with zero attached hydrogens (tertiary/aromatic N) is 3. The van der Waals surface area contributed by atoms with Crippen LogP contribution in [0.1, 0.15) is 12.8 Å². The molecule has 0 unspecified atom stereocenters. The number of hydrogen-bond donors (Lipinski definition) is 2. The lowest BCUT2D eigenvalue weighted by Gasteiger charge is -2.18. The number of hydrogen-bond acceptors (Lipinski definition) is 8. The Hall–Kier alpha value is -3.31. The lowest BCUT2D eigenvalue weighted by atomic mass is 10.1. The maximum Gasteiger partial charge on any atom is 0.248 e. The molecule has 1 amide bonds. The van der Waals surface area contributed by atoms with Gasteiger partial charge in [0.1, 0.15) is 29.8 Å². The van der Waals surface area contributed by atoms with Gasteiger partial charge in [0.15, 0.2) is 0 Å². The van der Waals surface area contributed by atoms with E-state index in [0.717, 1.165) is 32.5 Å². The van der Waals surface area contributed by atoms with Crippen LogP contribution in [0.3, 0.4) is 0 Å². The normalized spacial score (nSPS) is 18.5. The van der Waals surface area contributed by atoms with Crippen LogP contribution in [0.5, 0.6) is 5.75 Å². The average molecular weight is 542 g/mol. The van der Waals surface area contributed by atoms with Crippen LogP contribution >= 0.6 is 11.6 Å². The molecule has 2 aliphatic rings. The lowest BCUT2D eigenvalue weighted by molar-refractivity contribution is -0.111. The van der Waals surface area contributed by atoms with Crippen LogP contribution in [0.25, 0.3) is 10.9 Å². The van der Waals surface area contributed by atoms with Crippen LogP contribution in [0.2, 0.25) is 5.02 Å². The van der Waals surface area contributed by atoms with E-state index < -0.39 is 5.82 Å². The van der Waals surface area contributed by atoms with Crippen LogP contribution in [-0.4, -0.2) is 72.9 Å². The highest BCUT2D eigenvalue weighted by Crippen LogP contribution is 2.35. The van der Waals surface area contributed by atoms with Crippen molar-refractivity contribution in [2.45, 2.75) is 18.9 Å². The van der Waals surface area contributed by atoms with Crippen molar-refractivity contribution in [2.24, 2.45) is 0 Å². The SMILES string of the molecule is O=C(C=CCN1CCCOCC1)Nc1cc2c(Nc3ccc(F)c(Cl)c3)ncnc2cc1O[C@H]1CCOC1. The predicted molar refractivity (Wildman–Crippen MR) is 144 cm³/mol. The molecular formula is C27H29ClFN5O4. The van der Waals surface area contributed by atoms with Crippen molar-refractivity contribution in [3.63, 3.8) is 0 Å². The van der Waals surface area contributed by atoms with Crippen molar-refractivity contribution in [1.29, 1.82) is 0 Å². The summed E-state index contributed by atoms with van der Waals surface area (Å²) in [5.41, 5.74) is 1.66. The molecule has 1 aromatic heterocycles. The predicted octanol–water partition coefficient (Wildman–Crippen LogP) is 4.55. The largest absolute Gasteiger partial charge is 0.486 e. The first-order chi connectivity index (χ1) is 18.5. The summed E-state index contributed by atoms with van der Waals surface area (Å²) in [6, 6.07) is 7.86. The number of amides is 1. The van der Waals surface area contributed by atoms with Crippen molar-refractivity contribution in [3.8, 4) is 5.75 Å². The third-order valence-corrected chi connectivity index (χ3v) is 6.60. The van der Waals surface area contributed by atoms with Gasteiger partial charge < -0.3 is 24.8 Å². The smallest absolute Gasteiger partial charge is 0.248 e. The highest BCUT2D eigenvalue weighted by Gasteiger charge is 2.21. The molecule has 2 aliphatic heterocycles. The number of benzene rings is 2. The second-order valence-corrected chi connectivity index (χ2v) is 9.51. The Bertz CT molecular complexity index is 1310. The van der Waals surface area contributed by atoms with E-state index >= 15 is 0 Å². The number of anilines is 3. The average Bonchev–Trinajstić information content (AvgIpc) is 3.28. The Morgan fingerprint density at radius 3 is 2.95 bits per heavy atom. The van der Waals surface area contributed by atoms with Crippen LogP contribution < -0.4 is 15.4 Å². The van der Waals surface area contributed by atoms with E-state index in [2.05, 4.69) is 25.5 Å². The molecule has 200 valence electrons. The standard InChI is InChI=1S/C27H29ClFN5O4/c28-21-13-18(4-5-22(21)29)32-27-20-14-24(33-26(35)3-1-7-34-8-2-10-36-12-9-34)25(15-23(20)30-17-31-27)38-19-6-11-37-16-19/h1,3-5,13-15,17,19H,2,6-12,16H2,(H,33,35)(H,30,31,32)/t19-/m0/s1. The molecule has 5 rings (SSSR count). The van der Waals surface area contributed by atoms with Crippen LogP contribution in [0, 0.1) is 5.82 Å². The summed E-state index contributed by atoms with van der Waals surface area (Å²) in [7, 11) is 0. The fraction of sp³-hybridized carbons (Fsp3) is 0.370. The van der Waals surface area contributed by atoms with Gasteiger partial charge in [-0.15, -0.1) is 0 Å². The number of rotatable bonds is 8. The molecule has 0 saturated carbocycles. The summed E-state index contributed by atoms with van der Waals surface area (Å²) in [5, 5.41) is 6.74. The third kappa shape index (κ3) is 6.76. The van der Waals surface area contributed by atoms with Crippen LogP contribution in [0.15, 0.2) is 48.8 Å². The highest BCUT2D eigenvalue weighted by atomic mass is 35.5. The Balaban J connectivity index is 1.39. The zero-order valence-electron chi connectivity index (χ0n) is 20.8. The summed E-state index contributed by atoms with van der Waals surface area (Å²) in [6.45, 7) is 5.02. The van der Waals surface area contributed by atoms with Crippen LogP contribution in [-0.2, 0) is 14.3 Å². The van der Waals surface area contributed by atoms with Gasteiger partial charge in [0.2, 0.25) is 5.91 Å². The van der Waals surface area contributed by atoms with Gasteiger partial charge >= 0.3 is 0 Å². The minimum Gasteiger partial charge on any atom is -0.486 e. The first kappa shape index (κ1) is 26.3. The summed E-state index contributed by atoms with van der Waals surface area (Å²) >= 11 is 5.94. The molecule has 0 aliphatic carbocycles. The van der Waals surface area contributed by atoms with Gasteiger partial charge in [0.05, 0.1) is 36.0 Å². The quantitative estimate of drug-likeness (QED) is 0.401. The van der Waals surface area contributed by atoms with Gasteiger partial charge in [-0.1, -0.05) is 17.7 Å². The number of carbonyl (C=O) groups is 1. The molecule has 0 spiro atoms. The monoisotopic (exact) mass is 541 g/mol. The third-order valence-electron chi connectivity index (χ3n) is 6.31. The number of nitrogens with one attached hydrogen (secondary N) is 2. The van der Waals surface area contributed by atoms with Crippen molar-refractivity contribution in [2.75, 3.05) is 56.7 Å². The molecule has 1 atom stereocenters. The molecule has 3 heterocycles. The molecular weight excluding hydrogens is 513 g/mol. The van der Waals surface area contributed by atoms with Crippen molar-refractivity contribution >= 4 is 45.6 Å². The molecule has 9 nitrogen and oxygen atoms in total. The summed E-state index contributed by atoms with van der Waals surface area (Å²) in [4.78, 5) is 23.9. The molecule has 3 aromatic rings. The van der Waals surface area contributed by atoms with Gasteiger partial charge in [0.25, 0.3) is 0 Å². The molecule has 38 heavy (non-hydrogen) atoms. The maximum atomic E-state index is 13.6. The highest BCUT2D eigenvalue weighted by molar-refractivity contribution is 6.31. The molecule has 2 N–H and O–H groups in total. The topological polar surface area (TPSA) is 97.8 Å². The van der Waals surface area contributed by atoms with Crippen LogP contribution in [0.4, 0.5) is 21.6 Å². The molecule has 0 bridgehead atoms. The lowest BCUT2D eigenvalue weighted by Crippen LogP contribution is -2.26. The number of aromatic nitrogens is 2. The van der Waals surface area contributed by atoms with Gasteiger partial charge in [-0.25, -0.2) is 14.4 Å². The molecule has 0 radical (unpaired) electrons. The van der Waals surface area contributed by atoms with E-state index in [4.69, 9.17) is 25.8 Å². The second kappa shape index (κ2) is 12.5. The first-order valence-corrected chi connectivity index (χ1v) is 13.0. The van der Waals surface area contributed by atoms with E-state index in [1.165, 1.54) is 24.5 Å². The number of ether oxygens (including phenoxy) is 3. The minimum absolute atomic E-state index is 0.00438. The first-order valence-electron chi connectivity index (χ1n) is 12.6. The maximum absolute atomic E-state index is 13.6. The molecule has 2 saturated heterocycles. The van der Waals surface area contributed by atoms with E-state index in [-0.39, 0.29) is 17.0 Å². The zero-order chi connectivity index (χ0) is 26.3. The van der Waals surface area contributed by atoms with E-state index in [1.54, 1.807) is 18.2 Å². The Kier molecular flexibility index (Phi) is 8.65. The minimum atomic E-state index is -0.510. The van der Waals surface area contributed by atoms with Crippen molar-refractivity contribution in [1.82, 2.24) is 14.9 Å². The Morgan fingerprint density at radius 1 is 1.18 bits per heavy atom.